The van der Waals surface area contributed by atoms with E-state index in [0.29, 0.717) is 17.0 Å². The zero-order valence-corrected chi connectivity index (χ0v) is 21.0. The van der Waals surface area contributed by atoms with Gasteiger partial charge in [0.15, 0.2) is 5.60 Å². The van der Waals surface area contributed by atoms with Crippen molar-refractivity contribution < 1.29 is 28.7 Å². The molecule has 3 aliphatic rings. The molecule has 1 aromatic rings. The van der Waals surface area contributed by atoms with Gasteiger partial charge in [0.2, 0.25) is 5.91 Å². The van der Waals surface area contributed by atoms with Crippen LogP contribution in [0.2, 0.25) is 5.02 Å². The summed E-state index contributed by atoms with van der Waals surface area (Å²) in [5.74, 6) is -0.410. The lowest BCUT2D eigenvalue weighted by atomic mass is 9.85. The highest BCUT2D eigenvalue weighted by molar-refractivity contribution is 6.30. The minimum Gasteiger partial charge on any atom is -0.446 e. The summed E-state index contributed by atoms with van der Waals surface area (Å²) in [6.45, 7) is 5.73. The van der Waals surface area contributed by atoms with Gasteiger partial charge >= 0.3 is 12.2 Å². The Bertz CT molecular complexity index is 1010. The first kappa shape index (κ1) is 25.3. The van der Waals surface area contributed by atoms with Crippen molar-refractivity contribution in [3.63, 3.8) is 0 Å². The summed E-state index contributed by atoms with van der Waals surface area (Å²) < 4.78 is 11.2. The van der Waals surface area contributed by atoms with Crippen LogP contribution >= 0.6 is 11.6 Å². The molecule has 1 spiro atoms. The Kier molecular flexibility index (Phi) is 6.99. The van der Waals surface area contributed by atoms with Gasteiger partial charge in [-0.3, -0.25) is 9.69 Å². The molecule has 1 aromatic carbocycles. The number of alkyl carbamates (subject to hydrolysis) is 1. The van der Waals surface area contributed by atoms with Crippen molar-refractivity contribution in [3.05, 3.63) is 29.3 Å². The van der Waals surface area contributed by atoms with E-state index in [2.05, 4.69) is 5.32 Å². The number of halogens is 1. The molecule has 35 heavy (non-hydrogen) atoms. The van der Waals surface area contributed by atoms with Gasteiger partial charge in [0, 0.05) is 17.1 Å². The predicted octanol–water partition coefficient (Wildman–Crippen LogP) is 3.92. The van der Waals surface area contributed by atoms with Crippen LogP contribution < -0.4 is 10.2 Å². The fourth-order valence-electron chi connectivity index (χ4n) is 5.12. The van der Waals surface area contributed by atoms with E-state index in [4.69, 9.17) is 21.1 Å². The molecule has 190 valence electrons. The second-order valence-electron chi connectivity index (χ2n) is 10.7. The van der Waals surface area contributed by atoms with Crippen molar-refractivity contribution >= 4 is 41.7 Å². The normalized spacial score (nSPS) is 25.6. The number of likely N-dealkylation sites (tertiary alicyclic amines) is 1. The molecule has 3 atom stereocenters. The number of anilines is 1. The lowest BCUT2D eigenvalue weighted by molar-refractivity contribution is -0.139. The Hall–Kier alpha value is -2.81. The fraction of sp³-hybridized carbons (Fsp3) is 0.600. The molecule has 0 bridgehead atoms. The molecule has 1 aliphatic carbocycles. The molecule has 10 heteroatoms. The zero-order valence-electron chi connectivity index (χ0n) is 20.3. The average Bonchev–Trinajstić information content (AvgIpc) is 3.50. The van der Waals surface area contributed by atoms with Gasteiger partial charge in [-0.2, -0.15) is 0 Å². The van der Waals surface area contributed by atoms with E-state index >= 15 is 0 Å². The summed E-state index contributed by atoms with van der Waals surface area (Å²) in [6.07, 6.45) is 3.20. The number of carbonyl (C=O) groups excluding carboxylic acids is 4. The van der Waals surface area contributed by atoms with E-state index in [9.17, 15) is 19.2 Å². The third-order valence-electron chi connectivity index (χ3n) is 6.92. The molecule has 2 saturated heterocycles. The summed E-state index contributed by atoms with van der Waals surface area (Å²) in [4.78, 5) is 53.8. The standard InChI is InChI=1S/C25H32ClN3O6/c1-24(2,3)20(27-22(32)34-19-9-4-5-10-19)21(31)28-14-25(12-18(28)13-30)15-29(23(33)35-25)17-8-6-7-16(26)11-17/h6-8,11,13,18-20H,4-5,9-10,12,14-15H2,1-3H3,(H,27,32)/t18-,20+,25-/m0/s1. The van der Waals surface area contributed by atoms with Gasteiger partial charge in [0.05, 0.1) is 19.1 Å². The quantitative estimate of drug-likeness (QED) is 0.608. The van der Waals surface area contributed by atoms with Crippen molar-refractivity contribution in [1.82, 2.24) is 10.2 Å². The van der Waals surface area contributed by atoms with Gasteiger partial charge in [0.1, 0.15) is 18.4 Å². The highest BCUT2D eigenvalue weighted by Gasteiger charge is 2.56. The number of nitrogens with zero attached hydrogens (tertiary/aromatic N) is 2. The van der Waals surface area contributed by atoms with Crippen molar-refractivity contribution in [1.29, 1.82) is 0 Å². The molecule has 1 N–H and O–H groups in total. The van der Waals surface area contributed by atoms with Gasteiger partial charge in [-0.1, -0.05) is 38.4 Å². The number of hydrogen-bond donors (Lipinski definition) is 1. The van der Waals surface area contributed by atoms with Crippen LogP contribution in [0.3, 0.4) is 0 Å². The van der Waals surface area contributed by atoms with Crippen LogP contribution in [0.25, 0.3) is 0 Å². The minimum atomic E-state index is -1.03. The molecule has 0 unspecified atom stereocenters. The van der Waals surface area contributed by atoms with E-state index < -0.39 is 41.2 Å². The third-order valence-corrected chi connectivity index (χ3v) is 7.16. The molecule has 4 rings (SSSR count). The van der Waals surface area contributed by atoms with Crippen molar-refractivity contribution in [3.8, 4) is 0 Å². The summed E-state index contributed by atoms with van der Waals surface area (Å²) in [5.41, 5.74) is -1.10. The van der Waals surface area contributed by atoms with Crippen molar-refractivity contribution in [2.24, 2.45) is 5.41 Å². The largest absolute Gasteiger partial charge is 0.446 e. The first-order chi connectivity index (χ1) is 16.5. The SMILES string of the molecule is CC(C)(C)[C@H](NC(=O)OC1CCCC1)C(=O)N1C[C@@]2(C[C@H]1C=O)CN(c1cccc(Cl)c1)C(=O)O2. The molecule has 3 fully saturated rings. The van der Waals surface area contributed by atoms with Gasteiger partial charge < -0.3 is 24.5 Å². The number of ether oxygens (including phenoxy) is 2. The number of amides is 3. The number of nitrogens with one attached hydrogen (secondary N) is 1. The van der Waals surface area contributed by atoms with E-state index in [1.54, 1.807) is 24.3 Å². The van der Waals surface area contributed by atoms with Gasteiger partial charge in [-0.25, -0.2) is 9.59 Å². The highest BCUT2D eigenvalue weighted by Crippen LogP contribution is 2.39. The summed E-state index contributed by atoms with van der Waals surface area (Å²) >= 11 is 6.08. The lowest BCUT2D eigenvalue weighted by Crippen LogP contribution is -2.56. The fourth-order valence-corrected chi connectivity index (χ4v) is 5.31. The molecule has 9 nitrogen and oxygen atoms in total. The van der Waals surface area contributed by atoms with Crippen LogP contribution in [0, 0.1) is 5.41 Å². The topological polar surface area (TPSA) is 105 Å². The van der Waals surface area contributed by atoms with Crippen LogP contribution in [0.1, 0.15) is 52.9 Å². The van der Waals surface area contributed by atoms with Crippen LogP contribution in [0.5, 0.6) is 0 Å². The first-order valence-corrected chi connectivity index (χ1v) is 12.4. The van der Waals surface area contributed by atoms with Gasteiger partial charge in [-0.05, 0) is 49.3 Å². The maximum atomic E-state index is 13.7. The lowest BCUT2D eigenvalue weighted by Gasteiger charge is -2.34. The van der Waals surface area contributed by atoms with E-state index in [1.165, 1.54) is 9.80 Å². The van der Waals surface area contributed by atoms with Gasteiger partial charge in [-0.15, -0.1) is 0 Å². The molecule has 3 amide bonds. The Labute approximate surface area is 210 Å². The molecule has 2 heterocycles. The van der Waals surface area contributed by atoms with Crippen LogP contribution in [0.15, 0.2) is 24.3 Å². The summed E-state index contributed by atoms with van der Waals surface area (Å²) in [5, 5.41) is 3.21. The minimum absolute atomic E-state index is 0.0456. The molecular weight excluding hydrogens is 474 g/mol. The van der Waals surface area contributed by atoms with Gasteiger partial charge in [0.25, 0.3) is 0 Å². The van der Waals surface area contributed by atoms with Crippen LogP contribution in [-0.2, 0) is 19.1 Å². The zero-order chi connectivity index (χ0) is 25.4. The Balaban J connectivity index is 1.50. The van der Waals surface area contributed by atoms with Crippen molar-refractivity contribution in [2.75, 3.05) is 18.0 Å². The van der Waals surface area contributed by atoms with E-state index in [1.807, 2.05) is 20.8 Å². The number of benzene rings is 1. The summed E-state index contributed by atoms with van der Waals surface area (Å²) in [7, 11) is 0. The Morgan fingerprint density at radius 1 is 1.26 bits per heavy atom. The number of hydrogen-bond acceptors (Lipinski definition) is 6. The Morgan fingerprint density at radius 3 is 2.60 bits per heavy atom. The average molecular weight is 506 g/mol. The molecule has 1 saturated carbocycles. The predicted molar refractivity (Wildman–Crippen MR) is 129 cm³/mol. The number of aldehydes is 1. The van der Waals surface area contributed by atoms with Crippen molar-refractivity contribution in [2.45, 2.75) is 76.7 Å². The van der Waals surface area contributed by atoms with Crippen LogP contribution in [-0.4, -0.2) is 66.2 Å². The van der Waals surface area contributed by atoms with E-state index in [-0.39, 0.29) is 25.6 Å². The highest BCUT2D eigenvalue weighted by atomic mass is 35.5. The second kappa shape index (κ2) is 9.68. The monoisotopic (exact) mass is 505 g/mol. The van der Waals surface area contributed by atoms with E-state index in [0.717, 1.165) is 25.7 Å². The smallest absolute Gasteiger partial charge is 0.415 e. The number of rotatable bonds is 5. The Morgan fingerprint density at radius 2 is 1.97 bits per heavy atom. The number of carbonyl (C=O) groups is 4. The maximum absolute atomic E-state index is 13.7. The maximum Gasteiger partial charge on any atom is 0.415 e. The first-order valence-electron chi connectivity index (χ1n) is 12.0. The molecular formula is C25H32ClN3O6. The third kappa shape index (κ3) is 5.39. The van der Waals surface area contributed by atoms with Crippen LogP contribution in [0.4, 0.5) is 15.3 Å². The summed E-state index contributed by atoms with van der Waals surface area (Å²) in [6, 6.07) is 5.14. The molecule has 0 aromatic heterocycles. The second-order valence-corrected chi connectivity index (χ2v) is 11.2. The molecule has 0 radical (unpaired) electrons. The molecule has 2 aliphatic heterocycles.